The number of benzene rings is 2. The van der Waals surface area contributed by atoms with Gasteiger partial charge in [0.15, 0.2) is 11.5 Å². The second-order valence-corrected chi connectivity index (χ2v) is 4.50. The van der Waals surface area contributed by atoms with E-state index in [1.54, 1.807) is 7.11 Å². The molecule has 0 radical (unpaired) electrons. The molecule has 2 aromatic carbocycles. The summed E-state index contributed by atoms with van der Waals surface area (Å²) in [5.41, 5.74) is 8.48. The van der Waals surface area contributed by atoms with E-state index in [2.05, 4.69) is 5.32 Å². The first kappa shape index (κ1) is 12.5. The second kappa shape index (κ2) is 5.21. The standard InChI is InChI=1S/C15H16N2O3/c1-18-14-7-11(3-4-12(14)16)17-8-10-2-5-13-15(6-10)20-9-19-13/h2-7,17H,8-9,16H2,1H3. The van der Waals surface area contributed by atoms with Crippen LogP contribution in [-0.4, -0.2) is 13.9 Å². The number of hydrogen-bond donors (Lipinski definition) is 2. The zero-order valence-corrected chi connectivity index (χ0v) is 11.2. The van der Waals surface area contributed by atoms with Gasteiger partial charge in [-0.05, 0) is 29.8 Å². The molecule has 0 aliphatic carbocycles. The topological polar surface area (TPSA) is 65.7 Å². The summed E-state index contributed by atoms with van der Waals surface area (Å²) in [5.74, 6) is 2.25. The Bertz CT molecular complexity index is 618. The molecule has 3 rings (SSSR count). The van der Waals surface area contributed by atoms with E-state index in [0.717, 1.165) is 22.7 Å². The minimum absolute atomic E-state index is 0.293. The fraction of sp³-hybridized carbons (Fsp3) is 0.200. The molecule has 104 valence electrons. The Hall–Kier alpha value is -2.56. The van der Waals surface area contributed by atoms with E-state index in [1.165, 1.54) is 0 Å². The van der Waals surface area contributed by atoms with Gasteiger partial charge in [-0.3, -0.25) is 0 Å². The van der Waals surface area contributed by atoms with E-state index in [-0.39, 0.29) is 0 Å². The Kier molecular flexibility index (Phi) is 3.25. The number of ether oxygens (including phenoxy) is 3. The molecule has 3 N–H and O–H groups in total. The van der Waals surface area contributed by atoms with E-state index in [9.17, 15) is 0 Å². The molecule has 1 aliphatic rings. The Labute approximate surface area is 117 Å². The highest BCUT2D eigenvalue weighted by atomic mass is 16.7. The molecule has 5 heteroatoms. The highest BCUT2D eigenvalue weighted by Crippen LogP contribution is 2.33. The van der Waals surface area contributed by atoms with Gasteiger partial charge in [0.25, 0.3) is 0 Å². The maximum absolute atomic E-state index is 5.79. The number of nitrogen functional groups attached to an aromatic ring is 1. The van der Waals surface area contributed by atoms with Crippen LogP contribution in [0.2, 0.25) is 0 Å². The van der Waals surface area contributed by atoms with Gasteiger partial charge >= 0.3 is 0 Å². The molecular formula is C15H16N2O3. The van der Waals surface area contributed by atoms with E-state index in [0.29, 0.717) is 24.8 Å². The Morgan fingerprint density at radius 3 is 2.85 bits per heavy atom. The van der Waals surface area contributed by atoms with Gasteiger partial charge in [-0.1, -0.05) is 6.07 Å². The van der Waals surface area contributed by atoms with E-state index >= 15 is 0 Å². The number of anilines is 2. The van der Waals surface area contributed by atoms with Crippen molar-refractivity contribution < 1.29 is 14.2 Å². The van der Waals surface area contributed by atoms with Crippen molar-refractivity contribution in [1.82, 2.24) is 0 Å². The van der Waals surface area contributed by atoms with Crippen LogP contribution in [0.25, 0.3) is 0 Å². The largest absolute Gasteiger partial charge is 0.495 e. The lowest BCUT2D eigenvalue weighted by atomic mass is 10.2. The van der Waals surface area contributed by atoms with Crippen LogP contribution >= 0.6 is 0 Å². The van der Waals surface area contributed by atoms with Crippen molar-refractivity contribution in [3.05, 3.63) is 42.0 Å². The fourth-order valence-corrected chi connectivity index (χ4v) is 2.08. The molecule has 0 spiro atoms. The van der Waals surface area contributed by atoms with Crippen molar-refractivity contribution in [3.63, 3.8) is 0 Å². The van der Waals surface area contributed by atoms with Gasteiger partial charge in [-0.15, -0.1) is 0 Å². The predicted octanol–water partition coefficient (Wildman–Crippen LogP) is 2.62. The third-order valence-electron chi connectivity index (χ3n) is 3.17. The average molecular weight is 272 g/mol. The van der Waals surface area contributed by atoms with Crippen molar-refractivity contribution in [3.8, 4) is 17.2 Å². The molecule has 5 nitrogen and oxygen atoms in total. The van der Waals surface area contributed by atoms with E-state index < -0.39 is 0 Å². The molecule has 0 atom stereocenters. The Morgan fingerprint density at radius 2 is 2.00 bits per heavy atom. The lowest BCUT2D eigenvalue weighted by molar-refractivity contribution is 0.174. The minimum Gasteiger partial charge on any atom is -0.495 e. The van der Waals surface area contributed by atoms with Crippen LogP contribution in [-0.2, 0) is 6.54 Å². The van der Waals surface area contributed by atoms with Gasteiger partial charge in [0.2, 0.25) is 6.79 Å². The van der Waals surface area contributed by atoms with Crippen LogP contribution in [0.5, 0.6) is 17.2 Å². The number of nitrogens with one attached hydrogen (secondary N) is 1. The molecule has 1 heterocycles. The number of fused-ring (bicyclic) bond motifs is 1. The van der Waals surface area contributed by atoms with Gasteiger partial charge in [-0.25, -0.2) is 0 Å². The molecule has 1 aliphatic heterocycles. The first-order chi connectivity index (χ1) is 9.76. The lowest BCUT2D eigenvalue weighted by Gasteiger charge is -2.10. The number of rotatable bonds is 4. The maximum atomic E-state index is 5.79. The maximum Gasteiger partial charge on any atom is 0.231 e. The molecular weight excluding hydrogens is 256 g/mol. The van der Waals surface area contributed by atoms with Crippen molar-refractivity contribution >= 4 is 11.4 Å². The molecule has 0 bridgehead atoms. The third kappa shape index (κ3) is 2.42. The molecule has 0 unspecified atom stereocenters. The summed E-state index contributed by atoms with van der Waals surface area (Å²) in [6.45, 7) is 0.977. The van der Waals surface area contributed by atoms with E-state index in [1.807, 2.05) is 36.4 Å². The second-order valence-electron chi connectivity index (χ2n) is 4.50. The van der Waals surface area contributed by atoms with Gasteiger partial charge in [-0.2, -0.15) is 0 Å². The Morgan fingerprint density at radius 1 is 1.15 bits per heavy atom. The molecule has 0 aromatic heterocycles. The van der Waals surface area contributed by atoms with Crippen LogP contribution < -0.4 is 25.3 Å². The van der Waals surface area contributed by atoms with Gasteiger partial charge in [0.1, 0.15) is 5.75 Å². The summed E-state index contributed by atoms with van der Waals surface area (Å²) in [4.78, 5) is 0. The van der Waals surface area contributed by atoms with Crippen LogP contribution in [0.1, 0.15) is 5.56 Å². The molecule has 0 amide bonds. The summed E-state index contributed by atoms with van der Waals surface area (Å²) in [6, 6.07) is 11.5. The van der Waals surface area contributed by atoms with Crippen molar-refractivity contribution in [2.45, 2.75) is 6.54 Å². The zero-order chi connectivity index (χ0) is 13.9. The Balaban J connectivity index is 1.70. The highest BCUT2D eigenvalue weighted by Gasteiger charge is 2.12. The summed E-state index contributed by atoms with van der Waals surface area (Å²) in [6.07, 6.45) is 0. The number of methoxy groups -OCH3 is 1. The van der Waals surface area contributed by atoms with E-state index in [4.69, 9.17) is 19.9 Å². The molecule has 0 saturated carbocycles. The molecule has 0 fully saturated rings. The fourth-order valence-electron chi connectivity index (χ4n) is 2.08. The smallest absolute Gasteiger partial charge is 0.231 e. The SMILES string of the molecule is COc1cc(NCc2ccc3c(c2)OCO3)ccc1N. The van der Waals surface area contributed by atoms with Crippen LogP contribution in [0.4, 0.5) is 11.4 Å². The molecule has 0 saturated heterocycles. The zero-order valence-electron chi connectivity index (χ0n) is 11.2. The monoisotopic (exact) mass is 272 g/mol. The van der Waals surface area contributed by atoms with Crippen molar-refractivity contribution in [1.29, 1.82) is 0 Å². The average Bonchev–Trinajstić information content (AvgIpc) is 2.94. The molecule has 20 heavy (non-hydrogen) atoms. The summed E-state index contributed by atoms with van der Waals surface area (Å²) in [5, 5.41) is 3.32. The number of hydrogen-bond acceptors (Lipinski definition) is 5. The minimum atomic E-state index is 0.293. The predicted molar refractivity (Wildman–Crippen MR) is 77.3 cm³/mol. The third-order valence-corrected chi connectivity index (χ3v) is 3.17. The first-order valence-corrected chi connectivity index (χ1v) is 6.32. The summed E-state index contributed by atoms with van der Waals surface area (Å²) >= 11 is 0. The first-order valence-electron chi connectivity index (χ1n) is 6.32. The van der Waals surface area contributed by atoms with Gasteiger partial charge < -0.3 is 25.3 Å². The normalized spacial score (nSPS) is 12.2. The highest BCUT2D eigenvalue weighted by molar-refractivity contribution is 5.61. The van der Waals surface area contributed by atoms with Gasteiger partial charge in [0, 0.05) is 18.3 Å². The van der Waals surface area contributed by atoms with Crippen LogP contribution in [0.3, 0.4) is 0 Å². The molecule has 2 aromatic rings. The van der Waals surface area contributed by atoms with Crippen LogP contribution in [0.15, 0.2) is 36.4 Å². The number of nitrogens with two attached hydrogens (primary N) is 1. The van der Waals surface area contributed by atoms with Crippen molar-refractivity contribution in [2.75, 3.05) is 25.0 Å². The van der Waals surface area contributed by atoms with Crippen LogP contribution in [0, 0.1) is 0 Å². The summed E-state index contributed by atoms with van der Waals surface area (Å²) < 4.78 is 15.8. The van der Waals surface area contributed by atoms with Gasteiger partial charge in [0.05, 0.1) is 12.8 Å². The quantitative estimate of drug-likeness (QED) is 0.837. The summed E-state index contributed by atoms with van der Waals surface area (Å²) in [7, 11) is 1.60. The van der Waals surface area contributed by atoms with Crippen molar-refractivity contribution in [2.24, 2.45) is 0 Å². The lowest BCUT2D eigenvalue weighted by Crippen LogP contribution is -2.00.